The van der Waals surface area contributed by atoms with E-state index in [0.29, 0.717) is 5.75 Å². The summed E-state index contributed by atoms with van der Waals surface area (Å²) in [5.74, 6) is 0.907. The molecule has 2 aromatic rings. The summed E-state index contributed by atoms with van der Waals surface area (Å²) < 4.78 is 5.94. The van der Waals surface area contributed by atoms with Crippen LogP contribution >= 0.6 is 23.2 Å². The first-order valence-electron chi connectivity index (χ1n) is 7.60. The number of fused-ring (bicyclic) bond motifs is 2. The summed E-state index contributed by atoms with van der Waals surface area (Å²) in [6.07, 6.45) is 2.35. The largest absolute Gasteiger partial charge is 0.454 e. The van der Waals surface area contributed by atoms with Gasteiger partial charge in [-0.1, -0.05) is 23.2 Å². The Morgan fingerprint density at radius 2 is 1.92 bits per heavy atom. The van der Waals surface area contributed by atoms with E-state index in [2.05, 4.69) is 5.32 Å². The van der Waals surface area contributed by atoms with Crippen molar-refractivity contribution in [3.05, 3.63) is 55.6 Å². The number of halogens is 2. The van der Waals surface area contributed by atoms with Gasteiger partial charge in [0.15, 0.2) is 5.75 Å². The highest BCUT2D eigenvalue weighted by molar-refractivity contribution is 6.37. The Hall–Kier alpha value is -1.98. The molecule has 1 spiro atoms. The van der Waals surface area contributed by atoms with E-state index >= 15 is 0 Å². The SMILES string of the molecule is Cc1c(Oc2c(Cl)cc([N+](=O)[O-])cc2Cl)ccc2c1C1(CC1)CN2. The van der Waals surface area contributed by atoms with E-state index in [9.17, 15) is 10.1 Å². The van der Waals surface area contributed by atoms with E-state index in [0.717, 1.165) is 17.8 Å². The van der Waals surface area contributed by atoms with Gasteiger partial charge in [-0.2, -0.15) is 0 Å². The van der Waals surface area contributed by atoms with Crippen LogP contribution in [0.4, 0.5) is 11.4 Å². The second kappa shape index (κ2) is 5.26. The van der Waals surface area contributed by atoms with Crippen LogP contribution in [-0.4, -0.2) is 11.5 Å². The molecule has 0 amide bonds. The van der Waals surface area contributed by atoms with Crippen molar-refractivity contribution in [3.63, 3.8) is 0 Å². The van der Waals surface area contributed by atoms with Gasteiger partial charge in [0, 0.05) is 29.8 Å². The fraction of sp³-hybridized carbons (Fsp3) is 0.294. The van der Waals surface area contributed by atoms with E-state index in [4.69, 9.17) is 27.9 Å². The first-order valence-corrected chi connectivity index (χ1v) is 8.36. The number of nitrogens with one attached hydrogen (secondary N) is 1. The van der Waals surface area contributed by atoms with Crippen LogP contribution in [0.25, 0.3) is 0 Å². The van der Waals surface area contributed by atoms with Gasteiger partial charge in [0.05, 0.1) is 15.0 Å². The number of benzene rings is 2. The molecule has 1 aliphatic heterocycles. The van der Waals surface area contributed by atoms with Crippen molar-refractivity contribution < 1.29 is 9.66 Å². The van der Waals surface area contributed by atoms with Gasteiger partial charge >= 0.3 is 0 Å². The van der Waals surface area contributed by atoms with Crippen molar-refractivity contribution in [3.8, 4) is 11.5 Å². The number of anilines is 1. The maximum atomic E-state index is 10.9. The molecule has 1 heterocycles. The zero-order valence-corrected chi connectivity index (χ0v) is 14.4. The average Bonchev–Trinajstić information content (AvgIpc) is 3.20. The lowest BCUT2D eigenvalue weighted by Crippen LogP contribution is -2.09. The number of rotatable bonds is 3. The maximum Gasteiger partial charge on any atom is 0.272 e. The first kappa shape index (κ1) is 15.5. The molecule has 7 heteroatoms. The number of nitro benzene ring substituents is 1. The molecule has 1 aliphatic carbocycles. The highest BCUT2D eigenvalue weighted by Crippen LogP contribution is 2.57. The lowest BCUT2D eigenvalue weighted by Gasteiger charge is -2.16. The number of hydrogen-bond donors (Lipinski definition) is 1. The monoisotopic (exact) mass is 364 g/mol. The summed E-state index contributed by atoms with van der Waals surface area (Å²) in [5.41, 5.74) is 3.58. The molecule has 1 saturated carbocycles. The molecule has 2 aromatic carbocycles. The zero-order valence-electron chi connectivity index (χ0n) is 12.9. The zero-order chi connectivity index (χ0) is 17.1. The Morgan fingerprint density at radius 1 is 1.25 bits per heavy atom. The van der Waals surface area contributed by atoms with E-state index in [1.807, 2.05) is 19.1 Å². The fourth-order valence-electron chi connectivity index (χ4n) is 3.42. The minimum atomic E-state index is -0.537. The highest BCUT2D eigenvalue weighted by atomic mass is 35.5. The van der Waals surface area contributed by atoms with Gasteiger partial charge in [0.25, 0.3) is 5.69 Å². The topological polar surface area (TPSA) is 64.4 Å². The molecule has 124 valence electrons. The quantitative estimate of drug-likeness (QED) is 0.580. The fourth-order valence-corrected chi connectivity index (χ4v) is 3.98. The van der Waals surface area contributed by atoms with E-state index < -0.39 is 4.92 Å². The second-order valence-electron chi connectivity index (χ2n) is 6.34. The van der Waals surface area contributed by atoms with Gasteiger partial charge in [-0.3, -0.25) is 10.1 Å². The number of hydrogen-bond acceptors (Lipinski definition) is 4. The number of non-ortho nitro benzene ring substituents is 1. The molecule has 5 nitrogen and oxygen atoms in total. The Balaban J connectivity index is 1.74. The molecule has 0 atom stereocenters. The molecule has 0 radical (unpaired) electrons. The lowest BCUT2D eigenvalue weighted by atomic mass is 9.93. The van der Waals surface area contributed by atoms with Crippen molar-refractivity contribution in [1.29, 1.82) is 0 Å². The molecule has 1 fully saturated rings. The Labute approximate surface area is 148 Å². The summed E-state index contributed by atoms with van der Waals surface area (Å²) in [5, 5.41) is 14.6. The summed E-state index contributed by atoms with van der Waals surface area (Å²) in [6.45, 7) is 2.99. The van der Waals surface area contributed by atoms with Crippen LogP contribution in [0.15, 0.2) is 24.3 Å². The Morgan fingerprint density at radius 3 is 2.50 bits per heavy atom. The predicted molar refractivity (Wildman–Crippen MR) is 93.8 cm³/mol. The summed E-state index contributed by atoms with van der Waals surface area (Å²) >= 11 is 12.3. The van der Waals surface area contributed by atoms with Gasteiger partial charge in [-0.15, -0.1) is 0 Å². The third-order valence-corrected chi connectivity index (χ3v) is 5.38. The Bertz CT molecular complexity index is 855. The summed E-state index contributed by atoms with van der Waals surface area (Å²) in [6, 6.07) is 6.36. The van der Waals surface area contributed by atoms with E-state index in [1.54, 1.807) is 0 Å². The number of ether oxygens (including phenoxy) is 1. The molecule has 0 aromatic heterocycles. The molecule has 2 aliphatic rings. The van der Waals surface area contributed by atoms with Crippen LogP contribution < -0.4 is 10.1 Å². The molecule has 0 bridgehead atoms. The molecular formula is C17H14Cl2N2O3. The predicted octanol–water partition coefficient (Wildman–Crippen LogP) is 5.46. The van der Waals surface area contributed by atoms with Crippen molar-refractivity contribution in [2.45, 2.75) is 25.2 Å². The van der Waals surface area contributed by atoms with Gasteiger partial charge in [0.1, 0.15) is 5.75 Å². The van der Waals surface area contributed by atoms with Gasteiger partial charge in [-0.05, 0) is 43.0 Å². The minimum Gasteiger partial charge on any atom is -0.454 e. The van der Waals surface area contributed by atoms with Crippen LogP contribution in [0.2, 0.25) is 10.0 Å². The molecule has 0 unspecified atom stereocenters. The summed E-state index contributed by atoms with van der Waals surface area (Å²) in [4.78, 5) is 10.3. The average molecular weight is 365 g/mol. The highest BCUT2D eigenvalue weighted by Gasteiger charge is 2.50. The van der Waals surface area contributed by atoms with Crippen molar-refractivity contribution in [1.82, 2.24) is 0 Å². The van der Waals surface area contributed by atoms with Crippen LogP contribution in [0.1, 0.15) is 24.0 Å². The molecular weight excluding hydrogens is 351 g/mol. The van der Waals surface area contributed by atoms with Crippen molar-refractivity contribution >= 4 is 34.6 Å². The molecule has 4 rings (SSSR count). The lowest BCUT2D eigenvalue weighted by molar-refractivity contribution is -0.384. The third-order valence-electron chi connectivity index (χ3n) is 4.82. The summed E-state index contributed by atoms with van der Waals surface area (Å²) in [7, 11) is 0. The Kier molecular flexibility index (Phi) is 3.41. The second-order valence-corrected chi connectivity index (χ2v) is 7.16. The van der Waals surface area contributed by atoms with Crippen LogP contribution in [0, 0.1) is 17.0 Å². The smallest absolute Gasteiger partial charge is 0.272 e. The van der Waals surface area contributed by atoms with E-state index in [-0.39, 0.29) is 26.9 Å². The van der Waals surface area contributed by atoms with Crippen LogP contribution in [0.5, 0.6) is 11.5 Å². The minimum absolute atomic E-state index is 0.119. The van der Waals surface area contributed by atoms with Crippen LogP contribution in [-0.2, 0) is 5.41 Å². The number of nitro groups is 1. The van der Waals surface area contributed by atoms with E-state index in [1.165, 1.54) is 30.5 Å². The third kappa shape index (κ3) is 2.31. The van der Waals surface area contributed by atoms with Gasteiger partial charge in [-0.25, -0.2) is 0 Å². The molecule has 1 N–H and O–H groups in total. The normalized spacial score (nSPS) is 16.6. The molecule has 24 heavy (non-hydrogen) atoms. The van der Waals surface area contributed by atoms with Gasteiger partial charge in [0.2, 0.25) is 0 Å². The van der Waals surface area contributed by atoms with Crippen molar-refractivity contribution in [2.75, 3.05) is 11.9 Å². The van der Waals surface area contributed by atoms with Crippen LogP contribution in [0.3, 0.4) is 0 Å². The maximum absolute atomic E-state index is 10.9. The first-order chi connectivity index (χ1) is 11.4. The molecule has 0 saturated heterocycles. The standard InChI is InChI=1S/C17H14Cl2N2O3/c1-9-14(3-2-13-15(9)17(4-5-17)8-20-13)24-16-11(18)6-10(21(22)23)7-12(16)19/h2-3,6-7,20H,4-5,8H2,1H3. The van der Waals surface area contributed by atoms with Gasteiger partial charge < -0.3 is 10.1 Å². The van der Waals surface area contributed by atoms with Crippen molar-refractivity contribution in [2.24, 2.45) is 0 Å². The number of nitrogens with zero attached hydrogens (tertiary/aromatic N) is 1.